The molecular weight excluding hydrogens is 378 g/mol. The van der Waals surface area contributed by atoms with Crippen molar-refractivity contribution in [1.29, 1.82) is 0 Å². The molecule has 25 heavy (non-hydrogen) atoms. The minimum atomic E-state index is -0.146. The first-order valence-electron chi connectivity index (χ1n) is 7.75. The van der Waals surface area contributed by atoms with Crippen LogP contribution in [0, 0.1) is 0 Å². The fourth-order valence-electron chi connectivity index (χ4n) is 2.77. The lowest BCUT2D eigenvalue weighted by Gasteiger charge is -2.28. The maximum Gasteiger partial charge on any atom is 0.239 e. The van der Waals surface area contributed by atoms with Crippen LogP contribution in [-0.4, -0.2) is 33.3 Å². The molecule has 0 radical (unpaired) electrons. The molecule has 1 amide bonds. The Morgan fingerprint density at radius 3 is 3.08 bits per heavy atom. The number of aromatic nitrogens is 1. The number of nitrogens with zero attached hydrogens (tertiary/aromatic N) is 3. The quantitative estimate of drug-likeness (QED) is 0.732. The lowest BCUT2D eigenvalue weighted by Crippen LogP contribution is -2.34. The van der Waals surface area contributed by atoms with Gasteiger partial charge in [0.15, 0.2) is 5.17 Å². The van der Waals surface area contributed by atoms with Gasteiger partial charge in [-0.3, -0.25) is 9.69 Å². The van der Waals surface area contributed by atoms with Crippen molar-refractivity contribution in [3.8, 4) is 5.88 Å². The zero-order valence-corrected chi connectivity index (χ0v) is 15.7. The molecular formula is C17H14ClN3O2S2. The molecule has 2 aliphatic rings. The number of amides is 1. The topological polar surface area (TPSA) is 54.8 Å². The van der Waals surface area contributed by atoms with Crippen molar-refractivity contribution in [3.63, 3.8) is 0 Å². The van der Waals surface area contributed by atoms with Gasteiger partial charge < -0.3 is 4.74 Å². The number of amidine groups is 1. The number of ether oxygens (including phenoxy) is 1. The first kappa shape index (κ1) is 16.6. The predicted octanol–water partition coefficient (Wildman–Crippen LogP) is 4.22. The summed E-state index contributed by atoms with van der Waals surface area (Å²) in [7, 11) is 0. The van der Waals surface area contributed by atoms with Crippen molar-refractivity contribution in [2.45, 2.75) is 13.0 Å². The van der Waals surface area contributed by atoms with Crippen molar-refractivity contribution in [2.24, 2.45) is 4.99 Å². The van der Waals surface area contributed by atoms with E-state index in [1.807, 2.05) is 36.6 Å². The summed E-state index contributed by atoms with van der Waals surface area (Å²) in [5.41, 5.74) is 1.61. The maximum absolute atomic E-state index is 12.3. The molecule has 0 bridgehead atoms. The summed E-state index contributed by atoms with van der Waals surface area (Å²) < 4.78 is 5.48. The predicted molar refractivity (Wildman–Crippen MR) is 102 cm³/mol. The first-order chi connectivity index (χ1) is 12.2. The Balaban J connectivity index is 1.79. The number of hydrogen-bond donors (Lipinski definition) is 0. The number of halogens is 1. The lowest BCUT2D eigenvalue weighted by atomic mass is 10.1. The van der Waals surface area contributed by atoms with E-state index < -0.39 is 0 Å². The number of pyridine rings is 1. The molecule has 128 valence electrons. The normalized spacial score (nSPS) is 19.5. The minimum absolute atomic E-state index is 0.0835. The fraction of sp³-hybridized carbons (Fsp3) is 0.235. The largest absolute Gasteiger partial charge is 0.478 e. The molecule has 2 aliphatic heterocycles. The van der Waals surface area contributed by atoms with Gasteiger partial charge in [-0.15, -0.1) is 11.3 Å². The number of aliphatic imine (C=N–C) groups is 1. The second kappa shape index (κ2) is 6.82. The SMILES string of the molecule is CCOc1cc(C2=CC(c3cccs3)N3C(=O)CSC3=N2)cc(Cl)n1. The number of hydrogen-bond acceptors (Lipinski definition) is 6. The van der Waals surface area contributed by atoms with Gasteiger partial charge >= 0.3 is 0 Å². The van der Waals surface area contributed by atoms with Crippen LogP contribution < -0.4 is 4.74 Å². The van der Waals surface area contributed by atoms with Gasteiger partial charge in [-0.1, -0.05) is 29.4 Å². The van der Waals surface area contributed by atoms with Gasteiger partial charge in [-0.25, -0.2) is 9.98 Å². The Morgan fingerprint density at radius 2 is 2.32 bits per heavy atom. The number of carbonyl (C=O) groups is 1. The smallest absolute Gasteiger partial charge is 0.239 e. The van der Waals surface area contributed by atoms with E-state index in [2.05, 4.69) is 9.98 Å². The summed E-state index contributed by atoms with van der Waals surface area (Å²) in [6.07, 6.45) is 2.00. The molecule has 4 rings (SSSR count). The molecule has 0 aliphatic carbocycles. The third kappa shape index (κ3) is 3.19. The van der Waals surface area contributed by atoms with Gasteiger partial charge in [0.05, 0.1) is 24.1 Å². The Labute approximate surface area is 158 Å². The summed E-state index contributed by atoms with van der Waals surface area (Å²) >= 11 is 9.23. The highest BCUT2D eigenvalue weighted by molar-refractivity contribution is 8.15. The molecule has 0 spiro atoms. The number of carbonyl (C=O) groups excluding carboxylic acids is 1. The summed E-state index contributed by atoms with van der Waals surface area (Å²) in [4.78, 5) is 24.0. The van der Waals surface area contributed by atoms with Crippen LogP contribution in [0.3, 0.4) is 0 Å². The highest BCUT2D eigenvalue weighted by Gasteiger charge is 2.37. The van der Waals surface area contributed by atoms with Crippen LogP contribution in [0.4, 0.5) is 0 Å². The highest BCUT2D eigenvalue weighted by atomic mass is 35.5. The third-order valence-corrected chi connectivity index (χ3v) is 5.88. The standard InChI is InChI=1S/C17H14ClN3O2S2/c1-2-23-15-7-10(6-14(18)20-15)11-8-12(13-4-3-5-24-13)21-16(22)9-25-17(21)19-11/h3-8,12H,2,9H2,1H3. The molecule has 8 heteroatoms. The number of thioether (sulfide) groups is 1. The van der Waals surface area contributed by atoms with Crippen LogP contribution >= 0.6 is 34.7 Å². The zero-order valence-electron chi connectivity index (χ0n) is 13.3. The van der Waals surface area contributed by atoms with Gasteiger partial charge in [0.2, 0.25) is 11.8 Å². The van der Waals surface area contributed by atoms with Crippen LogP contribution in [0.15, 0.2) is 40.7 Å². The van der Waals surface area contributed by atoms with E-state index in [1.165, 1.54) is 11.8 Å². The lowest BCUT2D eigenvalue weighted by molar-refractivity contribution is -0.125. The van der Waals surface area contributed by atoms with Crippen LogP contribution in [0.25, 0.3) is 5.70 Å². The molecule has 2 aromatic heterocycles. The summed E-state index contributed by atoms with van der Waals surface area (Å²) in [6, 6.07) is 7.47. The van der Waals surface area contributed by atoms with E-state index in [0.29, 0.717) is 23.4 Å². The maximum atomic E-state index is 12.3. The van der Waals surface area contributed by atoms with Crippen molar-refractivity contribution in [2.75, 3.05) is 12.4 Å². The minimum Gasteiger partial charge on any atom is -0.478 e. The highest BCUT2D eigenvalue weighted by Crippen LogP contribution is 2.40. The van der Waals surface area contributed by atoms with Gasteiger partial charge in [-0.2, -0.15) is 0 Å². The van der Waals surface area contributed by atoms with Crippen LogP contribution in [0.5, 0.6) is 5.88 Å². The molecule has 0 N–H and O–H groups in total. The van der Waals surface area contributed by atoms with Gasteiger partial charge in [0.1, 0.15) is 5.15 Å². The Hall–Kier alpha value is -1.83. The Bertz CT molecular complexity index is 880. The molecule has 1 unspecified atom stereocenters. The van der Waals surface area contributed by atoms with Gasteiger partial charge in [-0.05, 0) is 30.5 Å². The van der Waals surface area contributed by atoms with E-state index in [9.17, 15) is 4.79 Å². The second-order valence-corrected chi connectivity index (χ2v) is 7.72. The van der Waals surface area contributed by atoms with E-state index in [4.69, 9.17) is 16.3 Å². The molecule has 1 saturated heterocycles. The number of thiophene rings is 1. The number of rotatable bonds is 4. The molecule has 0 aromatic carbocycles. The summed E-state index contributed by atoms with van der Waals surface area (Å²) in [5.74, 6) is 0.972. The average Bonchev–Trinajstić information content (AvgIpc) is 3.24. The van der Waals surface area contributed by atoms with E-state index in [0.717, 1.165) is 21.3 Å². The summed E-state index contributed by atoms with van der Waals surface area (Å²) in [5, 5.41) is 3.09. The Kier molecular flexibility index (Phi) is 4.54. The van der Waals surface area contributed by atoms with Crippen LogP contribution in [0.1, 0.15) is 23.4 Å². The fourth-order valence-corrected chi connectivity index (χ4v) is 4.66. The Morgan fingerprint density at radius 1 is 1.44 bits per heavy atom. The van der Waals surface area contributed by atoms with Crippen molar-refractivity contribution >= 4 is 51.5 Å². The average molecular weight is 392 g/mol. The third-order valence-electron chi connectivity index (χ3n) is 3.80. The van der Waals surface area contributed by atoms with Crippen LogP contribution in [-0.2, 0) is 4.79 Å². The van der Waals surface area contributed by atoms with Gasteiger partial charge in [0, 0.05) is 16.5 Å². The van der Waals surface area contributed by atoms with Crippen LogP contribution in [0.2, 0.25) is 5.15 Å². The zero-order chi connectivity index (χ0) is 17.4. The molecule has 4 heterocycles. The second-order valence-electron chi connectivity index (χ2n) is 5.41. The van der Waals surface area contributed by atoms with E-state index in [-0.39, 0.29) is 11.9 Å². The molecule has 0 saturated carbocycles. The van der Waals surface area contributed by atoms with E-state index >= 15 is 0 Å². The molecule has 1 atom stereocenters. The van der Waals surface area contributed by atoms with Crippen molar-refractivity contribution < 1.29 is 9.53 Å². The monoisotopic (exact) mass is 391 g/mol. The molecule has 1 fully saturated rings. The first-order valence-corrected chi connectivity index (χ1v) is 9.99. The van der Waals surface area contributed by atoms with Crippen molar-refractivity contribution in [1.82, 2.24) is 9.88 Å². The van der Waals surface area contributed by atoms with Crippen molar-refractivity contribution in [3.05, 3.63) is 51.3 Å². The van der Waals surface area contributed by atoms with Gasteiger partial charge in [0.25, 0.3) is 0 Å². The molecule has 2 aromatic rings. The number of fused-ring (bicyclic) bond motifs is 1. The van der Waals surface area contributed by atoms with E-state index in [1.54, 1.807) is 22.3 Å². The summed E-state index contributed by atoms with van der Waals surface area (Å²) in [6.45, 7) is 2.41. The molecule has 5 nitrogen and oxygen atoms in total.